The van der Waals surface area contributed by atoms with Crippen molar-refractivity contribution in [2.75, 3.05) is 5.94 Å². The minimum atomic E-state index is 0.171. The lowest BCUT2D eigenvalue weighted by molar-refractivity contribution is 0.387. The summed E-state index contributed by atoms with van der Waals surface area (Å²) in [6.45, 7) is 0. The van der Waals surface area contributed by atoms with Crippen LogP contribution in [0.3, 0.4) is 0 Å². The van der Waals surface area contributed by atoms with E-state index in [4.69, 9.17) is 4.74 Å². The third-order valence-corrected chi connectivity index (χ3v) is 1.23. The molecule has 1 aromatic rings. The van der Waals surface area contributed by atoms with Crippen LogP contribution in [0.15, 0.2) is 30.3 Å². The van der Waals surface area contributed by atoms with Crippen molar-refractivity contribution in [3.05, 3.63) is 30.3 Å². The maximum absolute atomic E-state index is 9.89. The van der Waals surface area contributed by atoms with Gasteiger partial charge in [0.05, 0.1) is 0 Å². The zero-order valence-electron chi connectivity index (χ0n) is 5.32. The molecule has 0 spiro atoms. The van der Waals surface area contributed by atoms with E-state index < -0.39 is 0 Å². The fraction of sp³-hybridized carbons (Fsp3) is 0.143. The van der Waals surface area contributed by atoms with Gasteiger partial charge in [0.15, 0.2) is 0 Å². The standard InChI is InChI=1S/C7H7O2S/c8-10-6-9-7-4-2-1-3-5-7/h1-5H,6H2/q+1. The summed E-state index contributed by atoms with van der Waals surface area (Å²) in [4.78, 5) is 0. The molecule has 0 aliphatic heterocycles. The first kappa shape index (κ1) is 7.15. The van der Waals surface area contributed by atoms with Crippen LogP contribution in [0.5, 0.6) is 5.75 Å². The summed E-state index contributed by atoms with van der Waals surface area (Å²) < 4.78 is 14.9. The molecule has 0 amide bonds. The number of ether oxygens (including phenoxy) is 1. The molecule has 1 aromatic carbocycles. The van der Waals surface area contributed by atoms with Gasteiger partial charge in [-0.2, -0.15) is 0 Å². The lowest BCUT2D eigenvalue weighted by Gasteiger charge is -1.93. The monoisotopic (exact) mass is 155 g/mol. The highest BCUT2D eigenvalue weighted by Gasteiger charge is 1.96. The first-order valence-electron chi connectivity index (χ1n) is 2.86. The molecule has 0 unspecified atom stereocenters. The van der Waals surface area contributed by atoms with Crippen LogP contribution in [0.2, 0.25) is 0 Å². The van der Waals surface area contributed by atoms with Crippen LogP contribution in [0.4, 0.5) is 0 Å². The van der Waals surface area contributed by atoms with Crippen molar-refractivity contribution < 1.29 is 8.95 Å². The smallest absolute Gasteiger partial charge is 0.437 e. The lowest BCUT2D eigenvalue weighted by Crippen LogP contribution is -1.92. The molecule has 10 heavy (non-hydrogen) atoms. The second-order valence-corrected chi connectivity index (χ2v) is 2.16. The highest BCUT2D eigenvalue weighted by atomic mass is 32.1. The molecule has 0 atom stereocenters. The van der Waals surface area contributed by atoms with Gasteiger partial charge >= 0.3 is 17.6 Å². The Morgan fingerprint density at radius 1 is 1.30 bits per heavy atom. The molecule has 0 radical (unpaired) electrons. The Labute approximate surface area is 63.3 Å². The third kappa shape index (κ3) is 2.11. The van der Waals surface area contributed by atoms with Gasteiger partial charge < -0.3 is 4.74 Å². The Morgan fingerprint density at radius 2 is 2.00 bits per heavy atom. The molecule has 0 saturated carbocycles. The van der Waals surface area contributed by atoms with E-state index in [0.29, 0.717) is 11.7 Å². The minimum Gasteiger partial charge on any atom is -0.437 e. The molecule has 0 bridgehead atoms. The fourth-order valence-electron chi connectivity index (χ4n) is 0.609. The van der Waals surface area contributed by atoms with E-state index in [1.165, 1.54) is 0 Å². The Morgan fingerprint density at radius 3 is 2.60 bits per heavy atom. The molecule has 0 saturated heterocycles. The molecule has 0 aromatic heterocycles. The van der Waals surface area contributed by atoms with Crippen LogP contribution in [-0.2, 0) is 15.9 Å². The van der Waals surface area contributed by atoms with E-state index >= 15 is 0 Å². The van der Waals surface area contributed by atoms with Crippen molar-refractivity contribution >= 4 is 11.7 Å². The fourth-order valence-corrected chi connectivity index (χ4v) is 0.793. The molecule has 52 valence electrons. The molecule has 0 fully saturated rings. The van der Waals surface area contributed by atoms with Gasteiger partial charge in [-0.1, -0.05) is 18.2 Å². The predicted octanol–water partition coefficient (Wildman–Crippen LogP) is 1.45. The number of rotatable bonds is 3. The van der Waals surface area contributed by atoms with Crippen LogP contribution in [0, 0.1) is 0 Å². The van der Waals surface area contributed by atoms with E-state index in [1.54, 1.807) is 0 Å². The van der Waals surface area contributed by atoms with Gasteiger partial charge in [-0.15, -0.1) is 0 Å². The van der Waals surface area contributed by atoms with Crippen molar-refractivity contribution in [3.63, 3.8) is 0 Å². The molecular weight excluding hydrogens is 148 g/mol. The average Bonchev–Trinajstić information content (AvgIpc) is 2.03. The summed E-state index contributed by atoms with van der Waals surface area (Å²) in [5, 5.41) is 0. The summed E-state index contributed by atoms with van der Waals surface area (Å²) in [6.07, 6.45) is 0. The molecule has 3 heteroatoms. The van der Waals surface area contributed by atoms with E-state index in [-0.39, 0.29) is 5.94 Å². The summed E-state index contributed by atoms with van der Waals surface area (Å²) >= 11 is 0.424. The van der Waals surface area contributed by atoms with Crippen molar-refractivity contribution in [1.29, 1.82) is 0 Å². The first-order chi connectivity index (χ1) is 4.93. The highest BCUT2D eigenvalue weighted by molar-refractivity contribution is 7.65. The van der Waals surface area contributed by atoms with Crippen LogP contribution >= 0.6 is 0 Å². The van der Waals surface area contributed by atoms with Gasteiger partial charge in [0, 0.05) is 4.21 Å². The number of hydrogen-bond donors (Lipinski definition) is 0. The quantitative estimate of drug-likeness (QED) is 0.488. The zero-order valence-corrected chi connectivity index (χ0v) is 6.14. The molecule has 0 aliphatic carbocycles. The maximum atomic E-state index is 9.89. The van der Waals surface area contributed by atoms with E-state index in [1.807, 2.05) is 30.3 Å². The van der Waals surface area contributed by atoms with E-state index in [9.17, 15) is 4.21 Å². The van der Waals surface area contributed by atoms with Crippen LogP contribution in [0.25, 0.3) is 0 Å². The van der Waals surface area contributed by atoms with Crippen molar-refractivity contribution in [3.8, 4) is 5.75 Å². The van der Waals surface area contributed by atoms with Gasteiger partial charge in [0.2, 0.25) is 0 Å². The van der Waals surface area contributed by atoms with Gasteiger partial charge in [-0.05, 0) is 12.1 Å². The van der Waals surface area contributed by atoms with E-state index in [0.717, 1.165) is 5.75 Å². The third-order valence-electron chi connectivity index (χ3n) is 1.02. The first-order valence-corrected chi connectivity index (χ1v) is 3.77. The Hall–Kier alpha value is -0.960. The van der Waals surface area contributed by atoms with Gasteiger partial charge in [-0.3, -0.25) is 0 Å². The number of para-hydroxylation sites is 1. The largest absolute Gasteiger partial charge is 0.503 e. The molecule has 1 rings (SSSR count). The summed E-state index contributed by atoms with van der Waals surface area (Å²) in [7, 11) is 0. The molecule has 0 aliphatic rings. The predicted molar refractivity (Wildman–Crippen MR) is 40.0 cm³/mol. The van der Waals surface area contributed by atoms with E-state index in [2.05, 4.69) is 0 Å². The zero-order chi connectivity index (χ0) is 7.23. The normalized spacial score (nSPS) is 8.80. The minimum absolute atomic E-state index is 0.171. The average molecular weight is 155 g/mol. The summed E-state index contributed by atoms with van der Waals surface area (Å²) in [5.74, 6) is 0.912. The van der Waals surface area contributed by atoms with Crippen molar-refractivity contribution in [1.82, 2.24) is 0 Å². The lowest BCUT2D eigenvalue weighted by atomic mass is 10.3. The Balaban J connectivity index is 2.50. The summed E-state index contributed by atoms with van der Waals surface area (Å²) in [6, 6.07) is 9.26. The van der Waals surface area contributed by atoms with Gasteiger partial charge in [-0.25, -0.2) is 0 Å². The molecule has 0 heterocycles. The second kappa shape index (κ2) is 3.95. The second-order valence-electron chi connectivity index (χ2n) is 1.69. The van der Waals surface area contributed by atoms with Gasteiger partial charge in [0.1, 0.15) is 5.75 Å². The molecular formula is C7H7O2S+. The maximum Gasteiger partial charge on any atom is 0.503 e. The molecule has 2 nitrogen and oxygen atoms in total. The van der Waals surface area contributed by atoms with Crippen LogP contribution in [-0.4, -0.2) is 5.94 Å². The highest BCUT2D eigenvalue weighted by Crippen LogP contribution is 2.06. The number of benzene rings is 1. The van der Waals surface area contributed by atoms with Crippen molar-refractivity contribution in [2.24, 2.45) is 0 Å². The topological polar surface area (TPSA) is 26.3 Å². The molecule has 0 N–H and O–H groups in total. The van der Waals surface area contributed by atoms with Gasteiger partial charge in [0.25, 0.3) is 0 Å². The van der Waals surface area contributed by atoms with Crippen LogP contribution in [0.1, 0.15) is 0 Å². The van der Waals surface area contributed by atoms with Crippen molar-refractivity contribution in [2.45, 2.75) is 0 Å². The number of hydrogen-bond acceptors (Lipinski definition) is 2. The summed E-state index contributed by atoms with van der Waals surface area (Å²) in [5.41, 5.74) is 0. The Bertz CT molecular complexity index is 198. The Kier molecular flexibility index (Phi) is 2.83. The SMILES string of the molecule is O=[S+]COc1ccccc1. The van der Waals surface area contributed by atoms with Crippen LogP contribution < -0.4 is 4.74 Å².